The lowest BCUT2D eigenvalue weighted by Crippen LogP contribution is -2.48. The molecule has 1 atom stereocenters. The number of phenolic OH excluding ortho intramolecular Hbond substituents is 1. The van der Waals surface area contributed by atoms with Crippen LogP contribution in [0.15, 0.2) is 48.5 Å². The van der Waals surface area contributed by atoms with Crippen LogP contribution in [0.5, 0.6) is 5.75 Å². The molecule has 0 radical (unpaired) electrons. The number of para-hydroxylation sites is 1. The van der Waals surface area contributed by atoms with Gasteiger partial charge in [0.1, 0.15) is 5.75 Å². The summed E-state index contributed by atoms with van der Waals surface area (Å²) in [4.78, 5) is 9.62. The zero-order valence-corrected chi connectivity index (χ0v) is 19.3. The van der Waals surface area contributed by atoms with Crippen molar-refractivity contribution in [3.05, 3.63) is 59.9 Å². The van der Waals surface area contributed by atoms with Crippen molar-refractivity contribution < 1.29 is 5.11 Å². The Balaban J connectivity index is 1.43. The Bertz CT molecular complexity index is 1170. The van der Waals surface area contributed by atoms with Crippen LogP contribution in [0, 0.1) is 0 Å². The molecule has 2 aromatic heterocycles. The fraction of sp³-hybridized carbons (Fsp3) is 0.391. The van der Waals surface area contributed by atoms with E-state index in [4.69, 9.17) is 4.98 Å². The Morgan fingerprint density at radius 3 is 2.38 bits per heavy atom. The summed E-state index contributed by atoms with van der Waals surface area (Å²) in [5.41, 5.74) is 1.88. The Kier molecular flexibility index (Phi) is 5.30. The maximum Gasteiger partial charge on any atom is 0.186 e. The molecule has 2 aromatic carbocycles. The van der Waals surface area contributed by atoms with Crippen molar-refractivity contribution in [2.45, 2.75) is 32.4 Å². The van der Waals surface area contributed by atoms with Crippen LogP contribution >= 0.6 is 11.3 Å². The van der Waals surface area contributed by atoms with Gasteiger partial charge in [0.15, 0.2) is 11.0 Å². The number of hydrogen-bond donors (Lipinski definition) is 1. The molecule has 1 unspecified atom stereocenters. The van der Waals surface area contributed by atoms with E-state index in [2.05, 4.69) is 64.3 Å². The number of rotatable bonds is 4. The highest BCUT2D eigenvalue weighted by atomic mass is 32.1. The second-order valence-electron chi connectivity index (χ2n) is 9.10. The monoisotopic (exact) mass is 449 g/mol. The topological polar surface area (TPSA) is 83.2 Å². The van der Waals surface area contributed by atoms with E-state index in [1.54, 1.807) is 23.5 Å². The van der Waals surface area contributed by atoms with Gasteiger partial charge < -0.3 is 10.0 Å². The van der Waals surface area contributed by atoms with E-state index in [-0.39, 0.29) is 17.3 Å². The van der Waals surface area contributed by atoms with Crippen molar-refractivity contribution in [3.8, 4) is 5.75 Å². The van der Waals surface area contributed by atoms with Crippen molar-refractivity contribution in [2.24, 2.45) is 0 Å². The number of aromatic hydroxyl groups is 1. The quantitative estimate of drug-likeness (QED) is 0.509. The molecule has 8 nitrogen and oxygen atoms in total. The molecular weight excluding hydrogens is 422 g/mol. The second-order valence-corrected chi connectivity index (χ2v) is 10.1. The largest absolute Gasteiger partial charge is 0.508 e. The average Bonchev–Trinajstić information content (AvgIpc) is 3.43. The normalized spacial score (nSPS) is 16.5. The van der Waals surface area contributed by atoms with Gasteiger partial charge >= 0.3 is 0 Å². The zero-order valence-electron chi connectivity index (χ0n) is 18.5. The summed E-state index contributed by atoms with van der Waals surface area (Å²) in [6, 6.07) is 15.6. The number of hydrogen-bond acceptors (Lipinski definition) is 8. The van der Waals surface area contributed by atoms with E-state index in [1.165, 1.54) is 4.70 Å². The Hall–Kier alpha value is -3.04. The summed E-state index contributed by atoms with van der Waals surface area (Å²) in [6.07, 6.45) is 0. The van der Waals surface area contributed by atoms with Gasteiger partial charge in [-0.1, -0.05) is 35.6 Å². The number of nitrogens with zero attached hydrogens (tertiary/aromatic N) is 7. The van der Waals surface area contributed by atoms with Crippen LogP contribution in [0.2, 0.25) is 0 Å². The minimum Gasteiger partial charge on any atom is -0.508 e. The summed E-state index contributed by atoms with van der Waals surface area (Å²) in [6.45, 7) is 9.79. The summed E-state index contributed by atoms with van der Waals surface area (Å²) in [7, 11) is 0. The van der Waals surface area contributed by atoms with Crippen LogP contribution in [0.3, 0.4) is 0 Å². The molecule has 1 saturated heterocycles. The molecule has 5 rings (SSSR count). The molecule has 166 valence electrons. The number of aromatic nitrogens is 5. The Morgan fingerprint density at radius 2 is 1.69 bits per heavy atom. The molecule has 1 aliphatic heterocycles. The predicted octanol–water partition coefficient (Wildman–Crippen LogP) is 3.66. The third-order valence-electron chi connectivity index (χ3n) is 5.81. The van der Waals surface area contributed by atoms with Gasteiger partial charge in [-0.3, -0.25) is 4.90 Å². The van der Waals surface area contributed by atoms with Crippen LogP contribution in [0.4, 0.5) is 5.13 Å². The maximum absolute atomic E-state index is 9.81. The standard InChI is InChI=1S/C23H27N7OS/c1-23(2,3)30-21(25-26-27-30)20(16-8-10-17(31)11-9-16)28-12-14-29(15-13-28)22-24-18-6-4-5-7-19(18)32-22/h4-11,20,31H,12-15H2,1-3H3. The molecule has 3 heterocycles. The number of anilines is 1. The summed E-state index contributed by atoms with van der Waals surface area (Å²) >= 11 is 1.75. The third-order valence-corrected chi connectivity index (χ3v) is 6.91. The summed E-state index contributed by atoms with van der Waals surface area (Å²) in [5.74, 6) is 1.07. The molecule has 4 aromatic rings. The molecule has 9 heteroatoms. The highest BCUT2D eigenvalue weighted by Crippen LogP contribution is 2.33. The van der Waals surface area contributed by atoms with Gasteiger partial charge in [-0.05, 0) is 61.0 Å². The molecule has 0 amide bonds. The first kappa shape index (κ1) is 20.8. The smallest absolute Gasteiger partial charge is 0.186 e. The molecule has 0 bridgehead atoms. The number of tetrazole rings is 1. The lowest BCUT2D eigenvalue weighted by Gasteiger charge is -2.39. The van der Waals surface area contributed by atoms with Crippen molar-refractivity contribution in [1.29, 1.82) is 0 Å². The Morgan fingerprint density at radius 1 is 0.969 bits per heavy atom. The SMILES string of the molecule is CC(C)(C)n1nnnc1C(c1ccc(O)cc1)N1CCN(c2nc3ccccc3s2)CC1. The maximum atomic E-state index is 9.81. The predicted molar refractivity (Wildman–Crippen MR) is 126 cm³/mol. The van der Waals surface area contributed by atoms with Crippen molar-refractivity contribution in [1.82, 2.24) is 30.1 Å². The van der Waals surface area contributed by atoms with Gasteiger partial charge in [-0.2, -0.15) is 0 Å². The van der Waals surface area contributed by atoms with E-state index in [1.807, 2.05) is 22.9 Å². The first-order valence-corrected chi connectivity index (χ1v) is 11.6. The highest BCUT2D eigenvalue weighted by molar-refractivity contribution is 7.22. The molecule has 1 N–H and O–H groups in total. The number of thiazole rings is 1. The van der Waals surface area contributed by atoms with Crippen LogP contribution in [0.1, 0.15) is 38.2 Å². The van der Waals surface area contributed by atoms with E-state index >= 15 is 0 Å². The van der Waals surface area contributed by atoms with E-state index in [9.17, 15) is 5.11 Å². The molecule has 1 fully saturated rings. The van der Waals surface area contributed by atoms with Crippen LogP contribution in [0.25, 0.3) is 10.2 Å². The zero-order chi connectivity index (χ0) is 22.3. The molecular formula is C23H27N7OS. The first-order chi connectivity index (χ1) is 15.4. The number of piperazine rings is 1. The van der Waals surface area contributed by atoms with Gasteiger partial charge in [-0.25, -0.2) is 9.67 Å². The Labute approximate surface area is 191 Å². The lowest BCUT2D eigenvalue weighted by atomic mass is 10.0. The lowest BCUT2D eigenvalue weighted by molar-refractivity contribution is 0.191. The summed E-state index contributed by atoms with van der Waals surface area (Å²) < 4.78 is 3.13. The summed E-state index contributed by atoms with van der Waals surface area (Å²) in [5, 5.41) is 23.6. The van der Waals surface area contributed by atoms with E-state index in [0.29, 0.717) is 0 Å². The first-order valence-electron chi connectivity index (χ1n) is 10.8. The van der Waals surface area contributed by atoms with Crippen molar-refractivity contribution in [2.75, 3.05) is 31.1 Å². The van der Waals surface area contributed by atoms with Gasteiger partial charge in [0.25, 0.3) is 0 Å². The average molecular weight is 450 g/mol. The van der Waals surface area contributed by atoms with Crippen molar-refractivity contribution >= 4 is 26.7 Å². The number of phenols is 1. The molecule has 0 saturated carbocycles. The van der Waals surface area contributed by atoms with Gasteiger partial charge in [0.05, 0.1) is 21.8 Å². The minimum atomic E-state index is -0.239. The van der Waals surface area contributed by atoms with Crippen LogP contribution in [-0.4, -0.2) is 61.4 Å². The molecule has 0 aliphatic carbocycles. The number of fused-ring (bicyclic) bond motifs is 1. The van der Waals surface area contributed by atoms with Crippen molar-refractivity contribution in [3.63, 3.8) is 0 Å². The highest BCUT2D eigenvalue weighted by Gasteiger charge is 2.33. The van der Waals surface area contributed by atoms with E-state index < -0.39 is 0 Å². The fourth-order valence-corrected chi connectivity index (χ4v) is 5.21. The minimum absolute atomic E-state index is 0.0951. The fourth-order valence-electron chi connectivity index (χ4n) is 4.19. The van der Waals surface area contributed by atoms with Gasteiger partial charge in [0, 0.05) is 26.2 Å². The molecule has 32 heavy (non-hydrogen) atoms. The van der Waals surface area contributed by atoms with E-state index in [0.717, 1.165) is 48.2 Å². The third kappa shape index (κ3) is 3.93. The van der Waals surface area contributed by atoms with Gasteiger partial charge in [-0.15, -0.1) is 5.10 Å². The van der Waals surface area contributed by atoms with Crippen LogP contribution in [-0.2, 0) is 5.54 Å². The second kappa shape index (κ2) is 8.14. The van der Waals surface area contributed by atoms with Gasteiger partial charge in [0.2, 0.25) is 0 Å². The number of benzene rings is 2. The molecule has 0 spiro atoms. The molecule has 1 aliphatic rings. The van der Waals surface area contributed by atoms with Crippen LogP contribution < -0.4 is 4.90 Å².